The summed E-state index contributed by atoms with van der Waals surface area (Å²) >= 11 is 0. The smallest absolute Gasteiger partial charge is 0.442 e. The molecule has 0 atom stereocenters. The van der Waals surface area contributed by atoms with E-state index < -0.39 is 133 Å². The van der Waals surface area contributed by atoms with Crippen molar-refractivity contribution in [3.8, 4) is 0 Å². The van der Waals surface area contributed by atoms with E-state index in [0.29, 0.717) is 0 Å². The molecule has 4 saturated carbocycles. The van der Waals surface area contributed by atoms with Crippen molar-refractivity contribution < 1.29 is 121 Å². The molecule has 0 amide bonds. The van der Waals surface area contributed by atoms with Crippen molar-refractivity contribution in [2.45, 2.75) is 109 Å². The fourth-order valence-corrected chi connectivity index (χ4v) is 6.50. The summed E-state index contributed by atoms with van der Waals surface area (Å²) in [5, 5.41) is 0. The van der Waals surface area contributed by atoms with Crippen LogP contribution in [0.5, 0.6) is 0 Å². The molecule has 0 N–H and O–H groups in total. The summed E-state index contributed by atoms with van der Waals surface area (Å²) in [7, 11) is 0. The maximum absolute atomic E-state index is 14.4. The quantitative estimate of drug-likeness (QED) is 0.160. The molecule has 6 nitrogen and oxygen atoms in total. The first-order chi connectivity index (χ1) is 21.3. The normalized spacial score (nSPS) is 28.7. The minimum Gasteiger partial charge on any atom is -0.456 e. The SMILES string of the molecule is O=C(OC12CC3CC(OC(=O)C(F)(C(F)(F)F)C(F)(F)F)(C1)CC(OC(=O)C(F)(C(F)(F)F)C(F)(F)F)(C3)C2)C(F)(C(F)(F)F)C(F)(F)F. The topological polar surface area (TPSA) is 78.9 Å². The number of hydrogen-bond acceptors (Lipinski definition) is 6. The Morgan fingerprint density at radius 1 is 0.367 bits per heavy atom. The second kappa shape index (κ2) is 10.7. The van der Waals surface area contributed by atoms with Crippen LogP contribution in [0.15, 0.2) is 0 Å². The molecular formula is C22H13F21O6. The van der Waals surface area contributed by atoms with E-state index in [4.69, 9.17) is 0 Å². The molecule has 0 saturated heterocycles. The molecule has 0 heterocycles. The van der Waals surface area contributed by atoms with Crippen molar-refractivity contribution in [1.29, 1.82) is 0 Å². The van der Waals surface area contributed by atoms with E-state index in [1.165, 1.54) is 0 Å². The van der Waals surface area contributed by atoms with Gasteiger partial charge in [-0.1, -0.05) is 0 Å². The predicted octanol–water partition coefficient (Wildman–Crippen LogP) is 7.33. The molecule has 0 spiro atoms. The van der Waals surface area contributed by atoms with E-state index in [9.17, 15) is 107 Å². The summed E-state index contributed by atoms with van der Waals surface area (Å²) in [4.78, 5) is 36.5. The number of ether oxygens (including phenoxy) is 3. The lowest BCUT2D eigenvalue weighted by Gasteiger charge is -2.64. The molecule has 0 aliphatic heterocycles. The summed E-state index contributed by atoms with van der Waals surface area (Å²) in [6.45, 7) is 0. The zero-order chi connectivity index (χ0) is 38.7. The van der Waals surface area contributed by atoms with Crippen LogP contribution in [0.3, 0.4) is 0 Å². The van der Waals surface area contributed by atoms with Gasteiger partial charge in [-0.25, -0.2) is 27.6 Å². The number of esters is 3. The van der Waals surface area contributed by atoms with E-state index in [1.54, 1.807) is 0 Å². The fourth-order valence-electron chi connectivity index (χ4n) is 6.50. The number of hydrogen-bond donors (Lipinski definition) is 0. The summed E-state index contributed by atoms with van der Waals surface area (Å²) in [6, 6.07) is 0. The predicted molar refractivity (Wildman–Crippen MR) is 106 cm³/mol. The van der Waals surface area contributed by atoms with Gasteiger partial charge in [0.1, 0.15) is 16.8 Å². The maximum atomic E-state index is 14.4. The van der Waals surface area contributed by atoms with Gasteiger partial charge < -0.3 is 14.2 Å². The molecule has 284 valence electrons. The van der Waals surface area contributed by atoms with Gasteiger partial charge >= 0.3 is 72.0 Å². The van der Waals surface area contributed by atoms with Crippen LogP contribution in [0.4, 0.5) is 92.2 Å². The fraction of sp³-hybridized carbons (Fsp3) is 0.864. The first kappa shape index (κ1) is 40.4. The Labute approximate surface area is 255 Å². The van der Waals surface area contributed by atoms with Crippen LogP contribution in [-0.4, -0.2) is 88.8 Å². The van der Waals surface area contributed by atoms with Gasteiger partial charge in [0, 0.05) is 19.3 Å². The number of rotatable bonds is 6. The number of carbonyl (C=O) groups excluding carboxylic acids is 3. The molecule has 0 radical (unpaired) electrons. The Kier molecular flexibility index (Phi) is 8.84. The minimum absolute atomic E-state index is 1.30. The third-order valence-corrected chi connectivity index (χ3v) is 8.03. The average Bonchev–Trinajstić information content (AvgIpc) is 2.80. The van der Waals surface area contributed by atoms with E-state index in [1.807, 2.05) is 0 Å². The van der Waals surface area contributed by atoms with Gasteiger partial charge in [-0.05, 0) is 25.2 Å². The summed E-state index contributed by atoms with van der Waals surface area (Å²) in [6.07, 6.45) is -53.4. The van der Waals surface area contributed by atoms with Crippen molar-refractivity contribution in [2.75, 3.05) is 0 Å². The molecule has 49 heavy (non-hydrogen) atoms. The summed E-state index contributed by atoms with van der Waals surface area (Å²) < 4.78 is 292. The molecule has 0 aromatic rings. The average molecular weight is 772 g/mol. The summed E-state index contributed by atoms with van der Waals surface area (Å²) in [5.41, 5.74) is -31.7. The van der Waals surface area contributed by atoms with Crippen molar-refractivity contribution in [1.82, 2.24) is 0 Å². The van der Waals surface area contributed by atoms with Crippen LogP contribution in [0.25, 0.3) is 0 Å². The molecule has 0 aromatic heterocycles. The molecule has 4 bridgehead atoms. The van der Waals surface area contributed by atoms with Crippen molar-refractivity contribution in [3.05, 3.63) is 0 Å². The lowest BCUT2D eigenvalue weighted by Crippen LogP contribution is -2.72. The number of carbonyl (C=O) groups is 3. The lowest BCUT2D eigenvalue weighted by atomic mass is 9.50. The highest BCUT2D eigenvalue weighted by Crippen LogP contribution is 2.65. The maximum Gasteiger partial charge on any atom is 0.442 e. The molecule has 4 fully saturated rings. The third kappa shape index (κ3) is 6.06. The molecule has 4 rings (SSSR count). The van der Waals surface area contributed by atoms with E-state index in [2.05, 4.69) is 14.2 Å². The minimum atomic E-state index is -7.28. The van der Waals surface area contributed by atoms with Gasteiger partial charge in [0.2, 0.25) is 0 Å². The highest BCUT2D eigenvalue weighted by molar-refractivity contribution is 5.84. The second-order valence-corrected chi connectivity index (χ2v) is 11.7. The van der Waals surface area contributed by atoms with Crippen LogP contribution in [0, 0.1) is 5.92 Å². The highest BCUT2D eigenvalue weighted by atomic mass is 19.4. The zero-order valence-corrected chi connectivity index (χ0v) is 22.7. The van der Waals surface area contributed by atoms with E-state index >= 15 is 0 Å². The highest BCUT2D eigenvalue weighted by Gasteiger charge is 2.83. The van der Waals surface area contributed by atoms with Crippen molar-refractivity contribution >= 4 is 17.9 Å². The monoisotopic (exact) mass is 772 g/mol. The number of halogens is 21. The molecular weight excluding hydrogens is 759 g/mol. The summed E-state index contributed by atoms with van der Waals surface area (Å²) in [5.74, 6) is -14.0. The van der Waals surface area contributed by atoms with Crippen molar-refractivity contribution in [3.63, 3.8) is 0 Å². The molecule has 0 unspecified atom stereocenters. The lowest BCUT2D eigenvalue weighted by molar-refractivity contribution is -0.349. The van der Waals surface area contributed by atoms with Gasteiger partial charge in [-0.3, -0.25) is 0 Å². The molecule has 4 aliphatic rings. The van der Waals surface area contributed by atoms with Gasteiger partial charge in [0.05, 0.1) is 0 Å². The zero-order valence-electron chi connectivity index (χ0n) is 22.7. The first-order valence-corrected chi connectivity index (χ1v) is 12.5. The van der Waals surface area contributed by atoms with Crippen molar-refractivity contribution in [2.24, 2.45) is 5.92 Å². The van der Waals surface area contributed by atoms with E-state index in [0.717, 1.165) is 0 Å². The standard InChI is InChI=1S/C22H13F21O6/c23-14(17(26,27)28,18(29,30)31)8(44)47-11-1-7-2-12(4-11,48-9(45)15(24,19(32,33)34)20(35,36)37)6-13(3-7,5-11)49-10(46)16(25,21(38,39)40)22(41,42)43/h7H,1-6H2. The molecule has 27 heteroatoms. The van der Waals surface area contributed by atoms with Crippen LogP contribution in [0.2, 0.25) is 0 Å². The van der Waals surface area contributed by atoms with Gasteiger partial charge in [0.25, 0.3) is 0 Å². The Hall–Kier alpha value is -3.06. The van der Waals surface area contributed by atoms with Crippen LogP contribution >= 0.6 is 0 Å². The Bertz CT molecular complexity index is 1140. The Balaban J connectivity index is 2.22. The van der Waals surface area contributed by atoms with Gasteiger partial charge in [0.15, 0.2) is 0 Å². The first-order valence-electron chi connectivity index (χ1n) is 12.5. The van der Waals surface area contributed by atoms with E-state index in [-0.39, 0.29) is 0 Å². The largest absolute Gasteiger partial charge is 0.456 e. The Morgan fingerprint density at radius 3 is 0.673 bits per heavy atom. The van der Waals surface area contributed by atoms with Gasteiger partial charge in [-0.15, -0.1) is 0 Å². The molecule has 0 aromatic carbocycles. The Morgan fingerprint density at radius 2 is 0.531 bits per heavy atom. The van der Waals surface area contributed by atoms with Crippen LogP contribution < -0.4 is 0 Å². The molecule has 4 aliphatic carbocycles. The van der Waals surface area contributed by atoms with Crippen LogP contribution in [-0.2, 0) is 28.6 Å². The second-order valence-electron chi connectivity index (χ2n) is 11.7. The number of alkyl halides is 21. The third-order valence-electron chi connectivity index (χ3n) is 8.03. The van der Waals surface area contributed by atoms with Gasteiger partial charge in [-0.2, -0.15) is 79.0 Å². The van der Waals surface area contributed by atoms with Crippen LogP contribution in [0.1, 0.15) is 38.5 Å².